The number of fused-ring (bicyclic) bond motifs is 1. The Bertz CT molecular complexity index is 1560. The normalized spacial score (nSPS) is 10.8. The van der Waals surface area contributed by atoms with Gasteiger partial charge in [0.25, 0.3) is 0 Å². The standard InChI is InChI=1S/C42H45N/c1-3-5-7-10-18-35-23-29-38(30-24-35)43(39-31-25-36(26-32-39)19-11-8-6-4-2)42-33-28-37(40-20-14-15-21-41(40)42)27-22-34-16-12-9-13-17-34/h9,12-17,20-21,23-26,28-33H,3-8,10-11,18-19H2,1-2H3. The van der Waals surface area contributed by atoms with E-state index in [2.05, 4.69) is 128 Å². The van der Waals surface area contributed by atoms with E-state index in [1.54, 1.807) is 0 Å². The van der Waals surface area contributed by atoms with Crippen molar-refractivity contribution in [2.24, 2.45) is 0 Å². The summed E-state index contributed by atoms with van der Waals surface area (Å²) in [6, 6.07) is 41.8. The van der Waals surface area contributed by atoms with Gasteiger partial charge in [-0.05, 0) is 90.7 Å². The van der Waals surface area contributed by atoms with Gasteiger partial charge in [0.15, 0.2) is 0 Å². The van der Waals surface area contributed by atoms with Crippen LogP contribution in [0.4, 0.5) is 17.1 Å². The minimum Gasteiger partial charge on any atom is -0.310 e. The van der Waals surface area contributed by atoms with E-state index in [1.807, 2.05) is 18.2 Å². The summed E-state index contributed by atoms with van der Waals surface area (Å²) in [4.78, 5) is 2.42. The minimum atomic E-state index is 1.03. The van der Waals surface area contributed by atoms with Crippen LogP contribution in [0.5, 0.6) is 0 Å². The molecule has 0 saturated carbocycles. The topological polar surface area (TPSA) is 3.24 Å². The van der Waals surface area contributed by atoms with Crippen molar-refractivity contribution in [1.82, 2.24) is 0 Å². The maximum absolute atomic E-state index is 3.45. The molecule has 0 aliphatic carbocycles. The van der Waals surface area contributed by atoms with Crippen LogP contribution in [0.15, 0.2) is 115 Å². The highest BCUT2D eigenvalue weighted by Crippen LogP contribution is 2.40. The molecule has 0 aliphatic rings. The first-order valence-electron chi connectivity index (χ1n) is 16.3. The number of unbranched alkanes of at least 4 members (excludes halogenated alkanes) is 6. The van der Waals surface area contributed by atoms with Gasteiger partial charge in [0.05, 0.1) is 5.69 Å². The Morgan fingerprint density at radius 1 is 0.465 bits per heavy atom. The van der Waals surface area contributed by atoms with Gasteiger partial charge in [-0.25, -0.2) is 0 Å². The third kappa shape index (κ3) is 8.18. The van der Waals surface area contributed by atoms with Gasteiger partial charge in [-0.3, -0.25) is 0 Å². The lowest BCUT2D eigenvalue weighted by atomic mass is 10.00. The van der Waals surface area contributed by atoms with E-state index in [4.69, 9.17) is 0 Å². The van der Waals surface area contributed by atoms with Gasteiger partial charge in [0.2, 0.25) is 0 Å². The largest absolute Gasteiger partial charge is 0.310 e. The molecule has 5 aromatic rings. The average molecular weight is 564 g/mol. The third-order valence-corrected chi connectivity index (χ3v) is 8.28. The van der Waals surface area contributed by atoms with E-state index >= 15 is 0 Å². The number of benzene rings is 5. The van der Waals surface area contributed by atoms with Gasteiger partial charge >= 0.3 is 0 Å². The highest BCUT2D eigenvalue weighted by Gasteiger charge is 2.16. The van der Waals surface area contributed by atoms with Crippen LogP contribution in [0.1, 0.15) is 87.5 Å². The summed E-state index contributed by atoms with van der Waals surface area (Å²) in [5.41, 5.74) is 8.45. The molecule has 0 unspecified atom stereocenters. The number of aryl methyl sites for hydroxylation is 2. The summed E-state index contributed by atoms with van der Waals surface area (Å²) in [5.74, 6) is 6.82. The summed E-state index contributed by atoms with van der Waals surface area (Å²) in [6.45, 7) is 4.54. The van der Waals surface area contributed by atoms with Gasteiger partial charge < -0.3 is 4.90 Å². The molecule has 1 nitrogen and oxygen atoms in total. The van der Waals surface area contributed by atoms with Crippen molar-refractivity contribution in [3.05, 3.63) is 138 Å². The second-order valence-electron chi connectivity index (χ2n) is 11.6. The molecule has 5 rings (SSSR count). The van der Waals surface area contributed by atoms with Crippen LogP contribution in [0.25, 0.3) is 10.8 Å². The number of anilines is 3. The molecule has 0 saturated heterocycles. The second-order valence-corrected chi connectivity index (χ2v) is 11.6. The van der Waals surface area contributed by atoms with E-state index in [0.717, 1.165) is 24.0 Å². The second kappa shape index (κ2) is 15.8. The first kappa shape index (κ1) is 30.2. The molecular formula is C42H45N. The van der Waals surface area contributed by atoms with E-state index in [0.29, 0.717) is 0 Å². The Morgan fingerprint density at radius 2 is 1.00 bits per heavy atom. The Balaban J connectivity index is 1.51. The molecule has 0 spiro atoms. The molecule has 0 amide bonds. The van der Waals surface area contributed by atoms with Crippen LogP contribution < -0.4 is 4.90 Å². The number of hydrogen-bond donors (Lipinski definition) is 0. The van der Waals surface area contributed by atoms with Crippen LogP contribution in [0.2, 0.25) is 0 Å². The number of nitrogens with zero attached hydrogens (tertiary/aromatic N) is 1. The SMILES string of the molecule is CCCCCCc1ccc(N(c2ccc(CCCCCC)cc2)c2ccc(C#Cc3ccccc3)c3ccccc23)cc1. The maximum Gasteiger partial charge on any atom is 0.0540 e. The van der Waals surface area contributed by atoms with Crippen LogP contribution in [0.3, 0.4) is 0 Å². The molecule has 1 heteroatoms. The lowest BCUT2D eigenvalue weighted by molar-refractivity contribution is 0.667. The van der Waals surface area contributed by atoms with Crippen molar-refractivity contribution in [2.75, 3.05) is 4.90 Å². The van der Waals surface area contributed by atoms with Crippen molar-refractivity contribution in [3.63, 3.8) is 0 Å². The van der Waals surface area contributed by atoms with E-state index in [-0.39, 0.29) is 0 Å². The van der Waals surface area contributed by atoms with Crippen LogP contribution in [0, 0.1) is 11.8 Å². The lowest BCUT2D eigenvalue weighted by Crippen LogP contribution is -2.11. The average Bonchev–Trinajstić information content (AvgIpc) is 3.06. The summed E-state index contributed by atoms with van der Waals surface area (Å²) >= 11 is 0. The first-order chi connectivity index (χ1) is 21.3. The zero-order chi connectivity index (χ0) is 29.7. The van der Waals surface area contributed by atoms with Crippen molar-refractivity contribution >= 4 is 27.8 Å². The van der Waals surface area contributed by atoms with Gasteiger partial charge in [-0.15, -0.1) is 0 Å². The Morgan fingerprint density at radius 3 is 1.56 bits per heavy atom. The fourth-order valence-corrected chi connectivity index (χ4v) is 5.81. The fraction of sp³-hybridized carbons (Fsp3) is 0.286. The van der Waals surface area contributed by atoms with Crippen molar-refractivity contribution in [3.8, 4) is 11.8 Å². The van der Waals surface area contributed by atoms with Gasteiger partial charge in [0.1, 0.15) is 0 Å². The van der Waals surface area contributed by atoms with E-state index < -0.39 is 0 Å². The zero-order valence-electron chi connectivity index (χ0n) is 26.0. The van der Waals surface area contributed by atoms with Gasteiger partial charge in [0, 0.05) is 27.9 Å². The Hall–Kier alpha value is -4.28. The highest BCUT2D eigenvalue weighted by molar-refractivity contribution is 6.01. The summed E-state index contributed by atoms with van der Waals surface area (Å²) in [7, 11) is 0. The molecule has 218 valence electrons. The zero-order valence-corrected chi connectivity index (χ0v) is 26.0. The summed E-state index contributed by atoms with van der Waals surface area (Å²) < 4.78 is 0. The molecule has 0 bridgehead atoms. The van der Waals surface area contributed by atoms with Crippen LogP contribution in [-0.2, 0) is 12.8 Å². The maximum atomic E-state index is 3.45. The van der Waals surface area contributed by atoms with Gasteiger partial charge in [-0.1, -0.05) is 131 Å². The third-order valence-electron chi connectivity index (χ3n) is 8.28. The quantitative estimate of drug-likeness (QED) is 0.102. The Labute approximate surface area is 259 Å². The molecule has 5 aromatic carbocycles. The monoisotopic (exact) mass is 563 g/mol. The van der Waals surface area contributed by atoms with E-state index in [1.165, 1.54) is 90.3 Å². The van der Waals surface area contributed by atoms with Crippen molar-refractivity contribution < 1.29 is 0 Å². The number of hydrogen-bond acceptors (Lipinski definition) is 1. The van der Waals surface area contributed by atoms with Crippen LogP contribution >= 0.6 is 0 Å². The van der Waals surface area contributed by atoms with Crippen molar-refractivity contribution in [2.45, 2.75) is 78.1 Å². The minimum absolute atomic E-state index is 1.03. The highest BCUT2D eigenvalue weighted by atomic mass is 15.1. The summed E-state index contributed by atoms with van der Waals surface area (Å²) in [6.07, 6.45) is 12.6. The molecular weight excluding hydrogens is 518 g/mol. The molecule has 0 atom stereocenters. The molecule has 0 N–H and O–H groups in total. The van der Waals surface area contributed by atoms with Gasteiger partial charge in [-0.2, -0.15) is 0 Å². The van der Waals surface area contributed by atoms with E-state index in [9.17, 15) is 0 Å². The summed E-state index contributed by atoms with van der Waals surface area (Å²) in [5, 5.41) is 2.38. The smallest absolute Gasteiger partial charge is 0.0540 e. The predicted octanol–water partition coefficient (Wildman–Crippen LogP) is 12.0. The molecule has 0 fully saturated rings. The van der Waals surface area contributed by atoms with Crippen LogP contribution in [-0.4, -0.2) is 0 Å². The Kier molecular flexibility index (Phi) is 11.1. The number of rotatable bonds is 13. The molecule has 0 radical (unpaired) electrons. The predicted molar refractivity (Wildman–Crippen MR) is 187 cm³/mol. The van der Waals surface area contributed by atoms with Crippen molar-refractivity contribution in [1.29, 1.82) is 0 Å². The molecule has 0 heterocycles. The lowest BCUT2D eigenvalue weighted by Gasteiger charge is -2.27. The first-order valence-corrected chi connectivity index (χ1v) is 16.3. The molecule has 43 heavy (non-hydrogen) atoms. The molecule has 0 aromatic heterocycles. The fourth-order valence-electron chi connectivity index (χ4n) is 5.81. The molecule has 0 aliphatic heterocycles.